The van der Waals surface area contributed by atoms with Crippen LogP contribution in [0.15, 0.2) is 24.3 Å². The van der Waals surface area contributed by atoms with E-state index in [-0.39, 0.29) is 5.78 Å². The van der Waals surface area contributed by atoms with Crippen molar-refractivity contribution in [3.05, 3.63) is 35.4 Å². The van der Waals surface area contributed by atoms with Gasteiger partial charge in [-0.25, -0.2) is 0 Å². The van der Waals surface area contributed by atoms with Crippen molar-refractivity contribution in [2.45, 2.75) is 71.5 Å². The van der Waals surface area contributed by atoms with Gasteiger partial charge in [0.2, 0.25) is 0 Å². The Hall–Kier alpha value is -1.33. The normalized spacial score (nSPS) is 11.7. The monoisotopic (exact) mass is 314 g/mol. The van der Waals surface area contributed by atoms with Gasteiger partial charge in [0.1, 0.15) is 8.07 Å². The molecule has 1 nitrogen and oxygen atoms in total. The Bertz CT molecular complexity index is 551. The van der Waals surface area contributed by atoms with Crippen LogP contribution < -0.4 is 0 Å². The summed E-state index contributed by atoms with van der Waals surface area (Å²) in [6, 6.07) is 7.78. The van der Waals surface area contributed by atoms with Crippen molar-refractivity contribution < 1.29 is 4.79 Å². The summed E-state index contributed by atoms with van der Waals surface area (Å²) < 4.78 is 0. The highest BCUT2D eigenvalue weighted by Crippen LogP contribution is 2.40. The summed E-state index contributed by atoms with van der Waals surface area (Å²) in [6.07, 6.45) is 0.338. The Morgan fingerprint density at radius 3 is 2.05 bits per heavy atom. The fraction of sp³-hybridized carbons (Fsp3) is 0.550. The summed E-state index contributed by atoms with van der Waals surface area (Å²) in [5, 5.41) is 0. The van der Waals surface area contributed by atoms with Crippen molar-refractivity contribution in [1.29, 1.82) is 0 Å². The molecule has 0 amide bonds. The number of carbonyl (C=O) groups is 1. The van der Waals surface area contributed by atoms with Crippen molar-refractivity contribution in [3.8, 4) is 11.5 Å². The standard InChI is InChI=1S/C20H30OSi/c1-15(2)22(16(3)4,17(5)6)13-9-12-20(21)19-11-8-10-18(7)14-19/h8,10-11,14-17H,12H2,1-7H3. The van der Waals surface area contributed by atoms with Crippen LogP contribution in [0.3, 0.4) is 0 Å². The second-order valence-corrected chi connectivity index (χ2v) is 12.7. The lowest BCUT2D eigenvalue weighted by atomic mass is 10.1. The van der Waals surface area contributed by atoms with E-state index in [0.717, 1.165) is 11.1 Å². The predicted octanol–water partition coefficient (Wildman–Crippen LogP) is 5.79. The largest absolute Gasteiger partial charge is 0.293 e. The highest BCUT2D eigenvalue weighted by Gasteiger charge is 2.41. The predicted molar refractivity (Wildman–Crippen MR) is 99.0 cm³/mol. The number of hydrogen-bond donors (Lipinski definition) is 0. The van der Waals surface area contributed by atoms with E-state index in [1.54, 1.807) is 0 Å². The number of ketones is 1. The molecule has 0 aliphatic rings. The van der Waals surface area contributed by atoms with Gasteiger partial charge in [0.15, 0.2) is 5.78 Å². The minimum Gasteiger partial charge on any atom is -0.293 e. The third-order valence-electron chi connectivity index (χ3n) is 4.76. The van der Waals surface area contributed by atoms with Crippen LogP contribution in [-0.4, -0.2) is 13.9 Å². The van der Waals surface area contributed by atoms with Crippen LogP contribution in [0.2, 0.25) is 16.6 Å². The van der Waals surface area contributed by atoms with Gasteiger partial charge in [-0.05, 0) is 29.6 Å². The van der Waals surface area contributed by atoms with Crippen molar-refractivity contribution in [2.75, 3.05) is 0 Å². The van der Waals surface area contributed by atoms with Crippen LogP contribution in [0.4, 0.5) is 0 Å². The molecule has 120 valence electrons. The zero-order valence-corrected chi connectivity index (χ0v) is 16.2. The minimum atomic E-state index is -1.72. The quantitative estimate of drug-likeness (QED) is 0.382. The lowest BCUT2D eigenvalue weighted by Crippen LogP contribution is -2.43. The minimum absolute atomic E-state index is 0.135. The third-order valence-corrected chi connectivity index (χ3v) is 11.1. The third kappa shape index (κ3) is 4.11. The molecule has 0 saturated heterocycles. The second-order valence-electron chi connectivity index (χ2n) is 7.17. The summed E-state index contributed by atoms with van der Waals surface area (Å²) in [5.74, 6) is 3.38. The summed E-state index contributed by atoms with van der Waals surface area (Å²) >= 11 is 0. The molecule has 0 fully saturated rings. The van der Waals surface area contributed by atoms with Crippen LogP contribution in [0, 0.1) is 18.4 Å². The van der Waals surface area contributed by atoms with Gasteiger partial charge in [-0.2, -0.15) is 0 Å². The Morgan fingerprint density at radius 1 is 1.05 bits per heavy atom. The first kappa shape index (κ1) is 18.7. The maximum absolute atomic E-state index is 12.3. The zero-order chi connectivity index (χ0) is 16.9. The Labute approximate surface area is 137 Å². The first-order valence-corrected chi connectivity index (χ1v) is 10.5. The molecule has 0 spiro atoms. The average molecular weight is 315 g/mol. The van der Waals surface area contributed by atoms with Crippen LogP contribution in [0.1, 0.15) is 63.9 Å². The van der Waals surface area contributed by atoms with E-state index < -0.39 is 8.07 Å². The van der Waals surface area contributed by atoms with Gasteiger partial charge in [-0.1, -0.05) is 65.3 Å². The van der Waals surface area contributed by atoms with Gasteiger partial charge in [0.25, 0.3) is 0 Å². The first-order valence-electron chi connectivity index (χ1n) is 8.31. The SMILES string of the molecule is Cc1cccc(C(=O)CC#C[Si](C(C)C)(C(C)C)C(C)C)c1. The molecule has 0 heterocycles. The molecular formula is C20H30OSi. The molecule has 0 aliphatic carbocycles. The van der Waals surface area contributed by atoms with E-state index in [0.29, 0.717) is 23.0 Å². The van der Waals surface area contributed by atoms with E-state index in [1.165, 1.54) is 0 Å². The Kier molecular flexibility index (Phi) is 6.62. The van der Waals surface area contributed by atoms with Crippen LogP contribution >= 0.6 is 0 Å². The Balaban J connectivity index is 2.98. The maximum Gasteiger partial charge on any atom is 0.174 e. The lowest BCUT2D eigenvalue weighted by Gasteiger charge is -2.38. The van der Waals surface area contributed by atoms with Gasteiger partial charge >= 0.3 is 0 Å². The molecule has 0 aromatic heterocycles. The summed E-state index contributed by atoms with van der Waals surface area (Å²) in [6.45, 7) is 15.8. The zero-order valence-electron chi connectivity index (χ0n) is 15.2. The number of hydrogen-bond acceptors (Lipinski definition) is 1. The fourth-order valence-corrected chi connectivity index (χ4v) is 8.89. The number of rotatable bonds is 5. The smallest absolute Gasteiger partial charge is 0.174 e. The molecule has 1 aromatic carbocycles. The van der Waals surface area contributed by atoms with Crippen LogP contribution in [0.5, 0.6) is 0 Å². The van der Waals surface area contributed by atoms with Gasteiger partial charge in [-0.15, -0.1) is 11.5 Å². The van der Waals surface area contributed by atoms with Gasteiger partial charge in [0, 0.05) is 5.56 Å². The molecule has 0 saturated carbocycles. The van der Waals surface area contributed by atoms with Crippen molar-refractivity contribution in [2.24, 2.45) is 0 Å². The van der Waals surface area contributed by atoms with E-state index in [4.69, 9.17) is 0 Å². The van der Waals surface area contributed by atoms with Crippen LogP contribution in [0.25, 0.3) is 0 Å². The molecule has 1 rings (SSSR count). The van der Waals surface area contributed by atoms with E-state index in [2.05, 4.69) is 53.0 Å². The highest BCUT2D eigenvalue weighted by molar-refractivity contribution is 6.90. The molecule has 0 N–H and O–H groups in total. The molecule has 2 heteroatoms. The molecular weight excluding hydrogens is 284 g/mol. The molecule has 0 atom stereocenters. The molecule has 1 aromatic rings. The summed E-state index contributed by atoms with van der Waals surface area (Å²) in [5.41, 5.74) is 7.33. The van der Waals surface area contributed by atoms with Gasteiger partial charge in [-0.3, -0.25) is 4.79 Å². The van der Waals surface area contributed by atoms with E-state index in [9.17, 15) is 4.79 Å². The number of Topliss-reactive ketones (excluding diaryl/α,β-unsaturated/α-hetero) is 1. The average Bonchev–Trinajstić information content (AvgIpc) is 2.42. The molecule has 22 heavy (non-hydrogen) atoms. The topological polar surface area (TPSA) is 17.1 Å². The van der Waals surface area contributed by atoms with Crippen molar-refractivity contribution >= 4 is 13.9 Å². The number of carbonyl (C=O) groups excluding carboxylic acids is 1. The summed E-state index contributed by atoms with van der Waals surface area (Å²) in [4.78, 5) is 12.3. The van der Waals surface area contributed by atoms with Crippen LogP contribution in [-0.2, 0) is 0 Å². The maximum atomic E-state index is 12.3. The lowest BCUT2D eigenvalue weighted by molar-refractivity contribution is 0.0998. The highest BCUT2D eigenvalue weighted by atomic mass is 28.3. The summed E-state index contributed by atoms with van der Waals surface area (Å²) in [7, 11) is -1.72. The molecule has 0 unspecified atom stereocenters. The fourth-order valence-electron chi connectivity index (χ4n) is 3.63. The van der Waals surface area contributed by atoms with E-state index in [1.807, 2.05) is 31.2 Å². The van der Waals surface area contributed by atoms with Gasteiger partial charge < -0.3 is 0 Å². The molecule has 0 bridgehead atoms. The number of aryl methyl sites for hydroxylation is 1. The molecule has 0 aliphatic heterocycles. The first-order chi connectivity index (χ1) is 10.2. The van der Waals surface area contributed by atoms with Crippen molar-refractivity contribution in [1.82, 2.24) is 0 Å². The Morgan fingerprint density at radius 2 is 1.59 bits per heavy atom. The second kappa shape index (κ2) is 7.79. The number of benzene rings is 1. The van der Waals surface area contributed by atoms with Gasteiger partial charge in [0.05, 0.1) is 6.42 Å². The van der Waals surface area contributed by atoms with E-state index >= 15 is 0 Å². The molecule has 0 radical (unpaired) electrons. The van der Waals surface area contributed by atoms with Crippen molar-refractivity contribution in [3.63, 3.8) is 0 Å².